The second-order valence-corrected chi connectivity index (χ2v) is 8.74. The van der Waals surface area contributed by atoms with Gasteiger partial charge in [-0.25, -0.2) is 0 Å². The molecule has 1 aromatic heterocycles. The second-order valence-electron chi connectivity index (χ2n) is 7.15. The van der Waals surface area contributed by atoms with Gasteiger partial charge in [0.25, 0.3) is 11.1 Å². The highest BCUT2D eigenvalue weighted by atomic mass is 35.5. The standard InChI is InChI=1S/C22H20ClN3O3S/c1-14-5-4-6-16(13-14)19-24-25-22(29-19)30-18-7-2-3-12-26(21(18)28)20(27)15-8-10-17(23)11-9-15/h4-6,8-11,13,18H,2-3,7,12H2,1H3. The average molecular weight is 442 g/mol. The van der Waals surface area contributed by atoms with Gasteiger partial charge >= 0.3 is 0 Å². The zero-order valence-electron chi connectivity index (χ0n) is 16.4. The Bertz CT molecular complexity index is 1070. The molecule has 1 fully saturated rings. The largest absolute Gasteiger partial charge is 0.411 e. The number of amides is 2. The molecule has 0 saturated carbocycles. The van der Waals surface area contributed by atoms with E-state index in [0.717, 1.165) is 24.0 Å². The van der Waals surface area contributed by atoms with Crippen molar-refractivity contribution < 1.29 is 14.0 Å². The minimum absolute atomic E-state index is 0.229. The molecule has 2 aromatic carbocycles. The molecule has 0 N–H and O–H groups in total. The van der Waals surface area contributed by atoms with Gasteiger partial charge in [-0.15, -0.1) is 10.2 Å². The zero-order valence-corrected chi connectivity index (χ0v) is 17.9. The van der Waals surface area contributed by atoms with Gasteiger partial charge in [0.1, 0.15) is 0 Å². The number of imide groups is 1. The molecular weight excluding hydrogens is 422 g/mol. The van der Waals surface area contributed by atoms with Gasteiger partial charge in [-0.2, -0.15) is 0 Å². The smallest absolute Gasteiger partial charge is 0.277 e. The number of aryl methyl sites for hydroxylation is 1. The molecule has 0 bridgehead atoms. The van der Waals surface area contributed by atoms with Crippen LogP contribution in [0.15, 0.2) is 58.2 Å². The van der Waals surface area contributed by atoms with Gasteiger partial charge in [-0.3, -0.25) is 14.5 Å². The van der Waals surface area contributed by atoms with E-state index >= 15 is 0 Å². The Morgan fingerprint density at radius 3 is 2.73 bits per heavy atom. The van der Waals surface area contributed by atoms with Crippen LogP contribution in [0.3, 0.4) is 0 Å². The topological polar surface area (TPSA) is 76.3 Å². The molecule has 6 nitrogen and oxygen atoms in total. The highest BCUT2D eigenvalue weighted by Gasteiger charge is 2.33. The average Bonchev–Trinajstić information content (AvgIpc) is 3.13. The van der Waals surface area contributed by atoms with Crippen molar-refractivity contribution in [3.63, 3.8) is 0 Å². The number of benzene rings is 2. The third-order valence-corrected chi connectivity index (χ3v) is 6.23. The molecule has 3 aromatic rings. The quantitative estimate of drug-likeness (QED) is 0.529. The van der Waals surface area contributed by atoms with Crippen molar-refractivity contribution in [1.82, 2.24) is 15.1 Å². The van der Waals surface area contributed by atoms with Crippen molar-refractivity contribution >= 4 is 35.2 Å². The van der Waals surface area contributed by atoms with E-state index in [2.05, 4.69) is 10.2 Å². The number of likely N-dealkylation sites (tertiary alicyclic amines) is 1. The number of rotatable bonds is 4. The van der Waals surface area contributed by atoms with Gasteiger partial charge in [0.2, 0.25) is 11.8 Å². The SMILES string of the molecule is Cc1cccc(-c2nnc(SC3CCCCN(C(=O)c4ccc(Cl)cc4)C3=O)o2)c1. The molecular formula is C22H20ClN3O3S. The van der Waals surface area contributed by atoms with E-state index in [4.69, 9.17) is 16.0 Å². The molecule has 4 rings (SSSR count). The zero-order chi connectivity index (χ0) is 21.1. The lowest BCUT2D eigenvalue weighted by atomic mass is 10.1. The third kappa shape index (κ3) is 4.57. The predicted molar refractivity (Wildman–Crippen MR) is 115 cm³/mol. The number of hydrogen-bond donors (Lipinski definition) is 0. The summed E-state index contributed by atoms with van der Waals surface area (Å²) >= 11 is 7.13. The van der Waals surface area contributed by atoms with Crippen LogP contribution in [0, 0.1) is 6.92 Å². The maximum absolute atomic E-state index is 13.1. The number of halogens is 1. The van der Waals surface area contributed by atoms with Crippen LogP contribution in [0.5, 0.6) is 0 Å². The Balaban J connectivity index is 1.50. The number of nitrogens with zero attached hydrogens (tertiary/aromatic N) is 3. The molecule has 8 heteroatoms. The van der Waals surface area contributed by atoms with E-state index in [1.54, 1.807) is 24.3 Å². The van der Waals surface area contributed by atoms with Crippen LogP contribution in [0.1, 0.15) is 35.2 Å². The summed E-state index contributed by atoms with van der Waals surface area (Å²) in [5.74, 6) is -0.126. The first kappa shape index (κ1) is 20.6. The summed E-state index contributed by atoms with van der Waals surface area (Å²) in [6.45, 7) is 2.39. The van der Waals surface area contributed by atoms with E-state index in [0.29, 0.717) is 34.7 Å². The Morgan fingerprint density at radius 1 is 1.17 bits per heavy atom. The summed E-state index contributed by atoms with van der Waals surface area (Å²) in [5.41, 5.74) is 2.37. The number of carbonyl (C=O) groups is 2. The van der Waals surface area contributed by atoms with Crippen molar-refractivity contribution in [2.45, 2.75) is 36.7 Å². The van der Waals surface area contributed by atoms with Crippen LogP contribution in [0.25, 0.3) is 11.5 Å². The van der Waals surface area contributed by atoms with E-state index in [1.165, 1.54) is 16.7 Å². The molecule has 1 unspecified atom stereocenters. The third-order valence-electron chi connectivity index (χ3n) is 4.89. The maximum Gasteiger partial charge on any atom is 0.277 e. The van der Waals surface area contributed by atoms with Gasteiger partial charge in [0.15, 0.2) is 0 Å². The number of thioether (sulfide) groups is 1. The first-order chi connectivity index (χ1) is 14.5. The molecule has 2 heterocycles. The van der Waals surface area contributed by atoms with Crippen LogP contribution in [-0.4, -0.2) is 38.7 Å². The van der Waals surface area contributed by atoms with Gasteiger partial charge in [0, 0.05) is 22.7 Å². The van der Waals surface area contributed by atoms with E-state index in [-0.39, 0.29) is 11.8 Å². The molecule has 0 spiro atoms. The summed E-state index contributed by atoms with van der Waals surface area (Å²) in [6, 6.07) is 14.4. The Kier molecular flexibility index (Phi) is 6.20. The van der Waals surface area contributed by atoms with Crippen molar-refractivity contribution in [2.75, 3.05) is 6.54 Å². The Hall–Kier alpha value is -2.64. The normalized spacial score (nSPS) is 17.1. The molecule has 30 heavy (non-hydrogen) atoms. The lowest BCUT2D eigenvalue weighted by Crippen LogP contribution is -2.41. The monoisotopic (exact) mass is 441 g/mol. The summed E-state index contributed by atoms with van der Waals surface area (Å²) in [4.78, 5) is 27.3. The van der Waals surface area contributed by atoms with Crippen LogP contribution in [0.2, 0.25) is 5.02 Å². The predicted octanol–water partition coefficient (Wildman–Crippen LogP) is 5.01. The minimum Gasteiger partial charge on any atom is -0.411 e. The van der Waals surface area contributed by atoms with Gasteiger partial charge < -0.3 is 4.42 Å². The summed E-state index contributed by atoms with van der Waals surface area (Å²) < 4.78 is 5.78. The molecule has 0 aliphatic carbocycles. The molecule has 154 valence electrons. The fourth-order valence-electron chi connectivity index (χ4n) is 3.34. The summed E-state index contributed by atoms with van der Waals surface area (Å²) in [7, 11) is 0. The van der Waals surface area contributed by atoms with Crippen molar-refractivity contribution in [2.24, 2.45) is 0 Å². The lowest BCUT2D eigenvalue weighted by Gasteiger charge is -2.21. The number of hydrogen-bond acceptors (Lipinski definition) is 6. The van der Waals surface area contributed by atoms with E-state index < -0.39 is 5.25 Å². The molecule has 2 amide bonds. The fourth-order valence-corrected chi connectivity index (χ4v) is 4.44. The van der Waals surface area contributed by atoms with Crippen LogP contribution < -0.4 is 0 Å². The first-order valence-corrected chi connectivity index (χ1v) is 11.0. The highest BCUT2D eigenvalue weighted by molar-refractivity contribution is 8.00. The molecule has 1 aliphatic rings. The fraction of sp³-hybridized carbons (Fsp3) is 0.273. The molecule has 1 saturated heterocycles. The highest BCUT2D eigenvalue weighted by Crippen LogP contribution is 2.32. The number of aromatic nitrogens is 2. The molecule has 0 radical (unpaired) electrons. The lowest BCUT2D eigenvalue weighted by molar-refractivity contribution is -0.127. The van der Waals surface area contributed by atoms with Crippen LogP contribution in [-0.2, 0) is 4.79 Å². The van der Waals surface area contributed by atoms with Gasteiger partial charge in [-0.05, 0) is 56.2 Å². The maximum atomic E-state index is 13.1. The van der Waals surface area contributed by atoms with E-state index in [1.807, 2.05) is 31.2 Å². The number of carbonyl (C=O) groups excluding carboxylic acids is 2. The van der Waals surface area contributed by atoms with E-state index in [9.17, 15) is 9.59 Å². The van der Waals surface area contributed by atoms with Crippen LogP contribution >= 0.6 is 23.4 Å². The second kappa shape index (κ2) is 9.02. The van der Waals surface area contributed by atoms with Crippen LogP contribution in [0.4, 0.5) is 0 Å². The van der Waals surface area contributed by atoms with Crippen molar-refractivity contribution in [3.8, 4) is 11.5 Å². The Morgan fingerprint density at radius 2 is 1.97 bits per heavy atom. The van der Waals surface area contributed by atoms with Gasteiger partial charge in [0.05, 0.1) is 5.25 Å². The summed E-state index contributed by atoms with van der Waals surface area (Å²) in [5, 5.41) is 8.62. The molecule has 1 aliphatic heterocycles. The van der Waals surface area contributed by atoms with Gasteiger partial charge in [-0.1, -0.05) is 47.5 Å². The Labute approximate surface area is 183 Å². The molecule has 1 atom stereocenters. The van der Waals surface area contributed by atoms with Crippen molar-refractivity contribution in [1.29, 1.82) is 0 Å². The first-order valence-electron chi connectivity index (χ1n) is 9.70. The van der Waals surface area contributed by atoms with Crippen molar-refractivity contribution in [3.05, 3.63) is 64.7 Å². The summed E-state index contributed by atoms with van der Waals surface area (Å²) in [6.07, 6.45) is 2.25. The minimum atomic E-state index is -0.449.